The summed E-state index contributed by atoms with van der Waals surface area (Å²) in [7, 11) is 1.47. The van der Waals surface area contributed by atoms with Crippen molar-refractivity contribution in [1.29, 1.82) is 0 Å². The van der Waals surface area contributed by atoms with Crippen LogP contribution in [0.2, 0.25) is 0 Å². The van der Waals surface area contributed by atoms with Gasteiger partial charge in [-0.15, -0.1) is 0 Å². The van der Waals surface area contributed by atoms with Gasteiger partial charge in [0.15, 0.2) is 0 Å². The second kappa shape index (κ2) is 13.6. The fourth-order valence-corrected chi connectivity index (χ4v) is 1.62. The van der Waals surface area contributed by atoms with Gasteiger partial charge in [-0.2, -0.15) is 0 Å². The molecule has 0 rings (SSSR count). The zero-order valence-electron chi connectivity index (χ0n) is 17.5. The highest BCUT2D eigenvalue weighted by molar-refractivity contribution is 5.92. The smallest absolute Gasteiger partial charge is 0.343 e. The van der Waals surface area contributed by atoms with Crippen LogP contribution in [0, 0.1) is 0 Å². The minimum absolute atomic E-state index is 0.0756. The molecule has 0 aliphatic carbocycles. The fraction of sp³-hybridized carbons (Fsp3) is 0.217. The Labute approximate surface area is 172 Å². The summed E-state index contributed by atoms with van der Waals surface area (Å²) in [6.07, 6.45) is 11.8. The number of hydrogen-bond donors (Lipinski definition) is 1. The molecule has 0 atom stereocenters. The number of ether oxygens (including phenoxy) is 3. The lowest BCUT2D eigenvalue weighted by Gasteiger charge is -2.06. The number of carbonyl (C=O) groups excluding carboxylic acids is 2. The van der Waals surface area contributed by atoms with E-state index in [2.05, 4.69) is 13.2 Å². The molecule has 0 aromatic carbocycles. The molecule has 0 aromatic heterocycles. The summed E-state index contributed by atoms with van der Waals surface area (Å²) in [5, 5.41) is 9.12. The average Bonchev–Trinajstić information content (AvgIpc) is 2.68. The van der Waals surface area contributed by atoms with Crippen molar-refractivity contribution >= 4 is 11.9 Å². The second-order valence-corrected chi connectivity index (χ2v) is 5.74. The van der Waals surface area contributed by atoms with Crippen molar-refractivity contribution in [2.45, 2.75) is 27.7 Å². The molecule has 0 fully saturated rings. The van der Waals surface area contributed by atoms with Crippen molar-refractivity contribution in [2.75, 3.05) is 7.11 Å². The van der Waals surface area contributed by atoms with Crippen LogP contribution in [0.1, 0.15) is 27.7 Å². The van der Waals surface area contributed by atoms with Gasteiger partial charge >= 0.3 is 11.9 Å². The molecule has 29 heavy (non-hydrogen) atoms. The third-order valence-corrected chi connectivity index (χ3v) is 3.30. The SMILES string of the molecule is C=C/C(=C\C=C(/C)OC(=O)/C(C)=C/C=C(\C)O)OC(=O)C(/C=C\C(=C)OC)=C/C. The molecule has 6 heteroatoms. The topological polar surface area (TPSA) is 82.1 Å². The van der Waals surface area contributed by atoms with Gasteiger partial charge in [-0.05, 0) is 70.2 Å². The zero-order chi connectivity index (χ0) is 22.4. The first kappa shape index (κ1) is 25.5. The van der Waals surface area contributed by atoms with E-state index in [4.69, 9.17) is 19.3 Å². The Bertz CT molecular complexity index is 812. The van der Waals surface area contributed by atoms with Gasteiger partial charge in [-0.25, -0.2) is 9.59 Å². The number of carbonyl (C=O) groups is 2. The normalized spacial score (nSPS) is 13.9. The summed E-state index contributed by atoms with van der Waals surface area (Å²) in [5.41, 5.74) is 0.615. The summed E-state index contributed by atoms with van der Waals surface area (Å²) in [4.78, 5) is 24.2. The number of methoxy groups -OCH3 is 1. The number of hydrogen-bond acceptors (Lipinski definition) is 6. The lowest BCUT2D eigenvalue weighted by atomic mass is 10.2. The Morgan fingerprint density at radius 3 is 2.10 bits per heavy atom. The first-order chi connectivity index (χ1) is 13.6. The minimum Gasteiger partial charge on any atom is -0.513 e. The first-order valence-electron chi connectivity index (χ1n) is 8.71. The third kappa shape index (κ3) is 11.0. The predicted molar refractivity (Wildman–Crippen MR) is 113 cm³/mol. The van der Waals surface area contributed by atoms with Crippen molar-refractivity contribution < 1.29 is 28.9 Å². The van der Waals surface area contributed by atoms with Crippen LogP contribution in [0.4, 0.5) is 0 Å². The van der Waals surface area contributed by atoms with Crippen molar-refractivity contribution in [3.8, 4) is 0 Å². The summed E-state index contributed by atoms with van der Waals surface area (Å²) < 4.78 is 15.3. The third-order valence-electron chi connectivity index (χ3n) is 3.30. The van der Waals surface area contributed by atoms with Crippen LogP contribution < -0.4 is 0 Å². The molecule has 0 saturated heterocycles. The van der Waals surface area contributed by atoms with Gasteiger partial charge in [-0.3, -0.25) is 0 Å². The maximum Gasteiger partial charge on any atom is 0.343 e. The maximum atomic E-state index is 12.2. The van der Waals surface area contributed by atoms with Gasteiger partial charge in [-0.1, -0.05) is 19.2 Å². The van der Waals surface area contributed by atoms with Crippen LogP contribution in [0.3, 0.4) is 0 Å². The van der Waals surface area contributed by atoms with E-state index in [9.17, 15) is 9.59 Å². The Kier molecular flexibility index (Phi) is 11.9. The summed E-state index contributed by atoms with van der Waals surface area (Å²) in [6.45, 7) is 13.6. The number of rotatable bonds is 10. The summed E-state index contributed by atoms with van der Waals surface area (Å²) in [5.74, 6) is -0.230. The minimum atomic E-state index is -0.591. The monoisotopic (exact) mass is 400 g/mol. The molecule has 0 saturated carbocycles. The summed E-state index contributed by atoms with van der Waals surface area (Å²) in [6, 6.07) is 0. The standard InChI is InChI=1S/C23H28O6/c1-8-20(14-12-18(5)27-7)23(26)29-21(9-2)15-13-19(6)28-22(25)16(3)10-11-17(4)24/h8-15,24H,2,5H2,1,3-4,6-7H3/b14-12-,16-10+,17-11+,19-13+,20-8+,21-15+. The summed E-state index contributed by atoms with van der Waals surface area (Å²) >= 11 is 0. The molecule has 0 aromatic rings. The van der Waals surface area contributed by atoms with E-state index in [1.807, 2.05) is 0 Å². The Hall–Kier alpha value is -3.54. The zero-order valence-corrected chi connectivity index (χ0v) is 17.5. The molecule has 0 spiro atoms. The maximum absolute atomic E-state index is 12.2. The molecule has 0 bridgehead atoms. The van der Waals surface area contributed by atoms with Crippen LogP contribution in [0.25, 0.3) is 0 Å². The van der Waals surface area contributed by atoms with E-state index >= 15 is 0 Å². The number of esters is 2. The molecule has 0 unspecified atom stereocenters. The van der Waals surface area contributed by atoms with Gasteiger partial charge in [0.25, 0.3) is 0 Å². The molecule has 0 heterocycles. The predicted octanol–water partition coefficient (Wildman–Crippen LogP) is 5.12. The Balaban J connectivity index is 5.16. The first-order valence-corrected chi connectivity index (χ1v) is 8.71. The lowest BCUT2D eigenvalue weighted by molar-refractivity contribution is -0.135. The second-order valence-electron chi connectivity index (χ2n) is 5.74. The van der Waals surface area contributed by atoms with E-state index in [1.165, 1.54) is 50.5 Å². The highest BCUT2D eigenvalue weighted by Gasteiger charge is 2.09. The molecule has 6 nitrogen and oxygen atoms in total. The van der Waals surface area contributed by atoms with Gasteiger partial charge < -0.3 is 19.3 Å². The van der Waals surface area contributed by atoms with Crippen LogP contribution in [0.5, 0.6) is 0 Å². The van der Waals surface area contributed by atoms with E-state index in [-0.39, 0.29) is 17.3 Å². The molecule has 0 aliphatic heterocycles. The van der Waals surface area contributed by atoms with E-state index < -0.39 is 11.9 Å². The molecule has 0 radical (unpaired) electrons. The Morgan fingerprint density at radius 2 is 1.59 bits per heavy atom. The molecular formula is C23H28O6. The molecule has 1 N–H and O–H groups in total. The molecule has 156 valence electrons. The van der Waals surface area contributed by atoms with Crippen molar-refractivity contribution in [3.05, 3.63) is 95.9 Å². The van der Waals surface area contributed by atoms with Gasteiger partial charge in [0, 0.05) is 5.57 Å². The molecule has 0 aliphatic rings. The van der Waals surface area contributed by atoms with Crippen molar-refractivity contribution in [2.24, 2.45) is 0 Å². The molecule has 0 amide bonds. The number of aliphatic hydroxyl groups excluding tert-OH is 1. The van der Waals surface area contributed by atoms with Gasteiger partial charge in [0.05, 0.1) is 18.4 Å². The average molecular weight is 400 g/mol. The van der Waals surface area contributed by atoms with Gasteiger partial charge in [0.1, 0.15) is 17.3 Å². The molecular weight excluding hydrogens is 372 g/mol. The number of allylic oxidation sites excluding steroid dienone is 9. The van der Waals surface area contributed by atoms with Gasteiger partial charge in [0.2, 0.25) is 0 Å². The van der Waals surface area contributed by atoms with E-state index in [0.29, 0.717) is 16.9 Å². The Morgan fingerprint density at radius 1 is 0.931 bits per heavy atom. The highest BCUT2D eigenvalue weighted by atomic mass is 16.5. The van der Waals surface area contributed by atoms with Crippen LogP contribution in [0.15, 0.2) is 95.9 Å². The van der Waals surface area contributed by atoms with E-state index in [1.54, 1.807) is 32.9 Å². The van der Waals surface area contributed by atoms with Crippen LogP contribution in [-0.4, -0.2) is 24.2 Å². The highest BCUT2D eigenvalue weighted by Crippen LogP contribution is 2.10. The van der Waals surface area contributed by atoms with Crippen LogP contribution in [-0.2, 0) is 23.8 Å². The fourth-order valence-electron chi connectivity index (χ4n) is 1.62. The number of aliphatic hydroxyl groups is 1. The lowest BCUT2D eigenvalue weighted by Crippen LogP contribution is -2.06. The van der Waals surface area contributed by atoms with Crippen LogP contribution >= 0.6 is 0 Å². The van der Waals surface area contributed by atoms with E-state index in [0.717, 1.165) is 0 Å². The largest absolute Gasteiger partial charge is 0.513 e. The van der Waals surface area contributed by atoms with Crippen molar-refractivity contribution in [3.63, 3.8) is 0 Å². The van der Waals surface area contributed by atoms with Crippen molar-refractivity contribution in [1.82, 2.24) is 0 Å². The quantitative estimate of drug-likeness (QED) is 0.237.